The highest BCUT2D eigenvalue weighted by Gasteiger charge is 2.34. The molecule has 4 atom stereocenters. The van der Waals surface area contributed by atoms with E-state index in [2.05, 4.69) is 25.1 Å². The molecule has 2 aliphatic carbocycles. The summed E-state index contributed by atoms with van der Waals surface area (Å²) in [5.74, 6) is 3.73. The zero-order chi connectivity index (χ0) is 18.8. The van der Waals surface area contributed by atoms with Gasteiger partial charge in [-0.15, -0.1) is 0 Å². The van der Waals surface area contributed by atoms with Crippen molar-refractivity contribution >= 4 is 10.8 Å². The summed E-state index contributed by atoms with van der Waals surface area (Å²) in [6.45, 7) is 4.83. The maximum atomic E-state index is 14.7. The van der Waals surface area contributed by atoms with Gasteiger partial charge in [0.25, 0.3) is 0 Å². The Morgan fingerprint density at radius 1 is 1.04 bits per heavy atom. The van der Waals surface area contributed by atoms with Crippen LogP contribution in [0.2, 0.25) is 0 Å². The lowest BCUT2D eigenvalue weighted by molar-refractivity contribution is 0.124. The molecule has 2 fully saturated rings. The van der Waals surface area contributed by atoms with E-state index in [1.54, 1.807) is 0 Å². The molecule has 4 rings (SSSR count). The minimum absolute atomic E-state index is 0.176. The molecule has 0 spiro atoms. The smallest absolute Gasteiger partial charge is 0.134 e. The van der Waals surface area contributed by atoms with E-state index in [0.717, 1.165) is 28.5 Å². The van der Waals surface area contributed by atoms with Crippen LogP contribution in [-0.4, -0.2) is 6.61 Å². The summed E-state index contributed by atoms with van der Waals surface area (Å²) in [6, 6.07) is 9.86. The van der Waals surface area contributed by atoms with Crippen molar-refractivity contribution in [3.05, 3.63) is 53.9 Å². The molecular formula is C25H31FO. The molecule has 1 nitrogen and oxygen atoms in total. The predicted molar refractivity (Wildman–Crippen MR) is 111 cm³/mol. The van der Waals surface area contributed by atoms with Gasteiger partial charge in [-0.05, 0) is 85.8 Å². The SMILES string of the molecule is C/C=C/COc1cc(F)c2cc(C3CCC4CC(C)CCC4C3)ccc2c1. The molecular weight excluding hydrogens is 335 g/mol. The maximum absolute atomic E-state index is 14.7. The third kappa shape index (κ3) is 4.05. The van der Waals surface area contributed by atoms with Crippen molar-refractivity contribution in [1.29, 1.82) is 0 Å². The minimum atomic E-state index is -0.176. The molecule has 0 heterocycles. The fourth-order valence-electron chi connectivity index (χ4n) is 5.31. The number of hydrogen-bond acceptors (Lipinski definition) is 1. The van der Waals surface area contributed by atoms with Gasteiger partial charge in [0.05, 0.1) is 0 Å². The van der Waals surface area contributed by atoms with E-state index in [1.165, 1.54) is 50.2 Å². The minimum Gasteiger partial charge on any atom is -0.489 e. The lowest BCUT2D eigenvalue weighted by Gasteiger charge is -2.41. The van der Waals surface area contributed by atoms with E-state index in [9.17, 15) is 4.39 Å². The summed E-state index contributed by atoms with van der Waals surface area (Å²) in [5, 5.41) is 1.65. The Labute approximate surface area is 162 Å². The van der Waals surface area contributed by atoms with Gasteiger partial charge in [0.1, 0.15) is 18.2 Å². The predicted octanol–water partition coefficient (Wildman–Crippen LogP) is 7.25. The first-order valence-corrected chi connectivity index (χ1v) is 10.6. The second-order valence-corrected chi connectivity index (χ2v) is 8.71. The average Bonchev–Trinajstić information content (AvgIpc) is 2.67. The topological polar surface area (TPSA) is 9.23 Å². The van der Waals surface area contributed by atoms with Crippen molar-refractivity contribution in [1.82, 2.24) is 0 Å². The highest BCUT2D eigenvalue weighted by Crippen LogP contribution is 2.47. The molecule has 2 saturated carbocycles. The Hall–Kier alpha value is -1.83. The summed E-state index contributed by atoms with van der Waals surface area (Å²) >= 11 is 0. The second-order valence-electron chi connectivity index (χ2n) is 8.71. The van der Waals surface area contributed by atoms with Crippen LogP contribution in [0.5, 0.6) is 5.75 Å². The second kappa shape index (κ2) is 8.04. The van der Waals surface area contributed by atoms with E-state index in [-0.39, 0.29) is 5.82 Å². The van der Waals surface area contributed by atoms with E-state index < -0.39 is 0 Å². The van der Waals surface area contributed by atoms with Crippen LogP contribution in [0, 0.1) is 23.6 Å². The molecule has 0 aliphatic heterocycles. The summed E-state index contributed by atoms with van der Waals surface area (Å²) in [6.07, 6.45) is 11.9. The van der Waals surface area contributed by atoms with Gasteiger partial charge < -0.3 is 4.74 Å². The molecule has 0 amide bonds. The quantitative estimate of drug-likeness (QED) is 0.518. The highest BCUT2D eigenvalue weighted by atomic mass is 19.1. The number of rotatable bonds is 4. The molecule has 27 heavy (non-hydrogen) atoms. The van der Waals surface area contributed by atoms with Gasteiger partial charge in [-0.2, -0.15) is 0 Å². The maximum Gasteiger partial charge on any atom is 0.134 e. The molecule has 0 radical (unpaired) electrons. The molecule has 2 heteroatoms. The molecule has 0 saturated heterocycles. The average molecular weight is 367 g/mol. The van der Waals surface area contributed by atoms with Gasteiger partial charge in [0.2, 0.25) is 0 Å². The summed E-state index contributed by atoms with van der Waals surface area (Å²) in [7, 11) is 0. The molecule has 0 aromatic heterocycles. The zero-order valence-corrected chi connectivity index (χ0v) is 16.6. The third-order valence-corrected chi connectivity index (χ3v) is 6.83. The first-order chi connectivity index (χ1) is 13.1. The lowest BCUT2D eigenvalue weighted by Crippen LogP contribution is -2.29. The fraction of sp³-hybridized carbons (Fsp3) is 0.520. The number of fused-ring (bicyclic) bond motifs is 2. The molecule has 0 N–H and O–H groups in total. The van der Waals surface area contributed by atoms with Crippen molar-refractivity contribution in [2.24, 2.45) is 17.8 Å². The standard InChI is InChI=1S/C25H31FO/c1-3-4-11-27-23-14-22-10-9-21(15-24(22)25(26)16-23)20-8-7-18-12-17(2)5-6-19(18)13-20/h3-4,9-10,14-20H,5-8,11-13H2,1-2H3/b4-3+. The Kier molecular flexibility index (Phi) is 5.52. The van der Waals surface area contributed by atoms with Crippen molar-refractivity contribution < 1.29 is 9.13 Å². The van der Waals surface area contributed by atoms with E-state index in [1.807, 2.05) is 25.1 Å². The third-order valence-electron chi connectivity index (χ3n) is 6.83. The molecule has 144 valence electrons. The van der Waals surface area contributed by atoms with Gasteiger partial charge >= 0.3 is 0 Å². The van der Waals surface area contributed by atoms with Crippen LogP contribution in [0.15, 0.2) is 42.5 Å². The van der Waals surface area contributed by atoms with Crippen LogP contribution in [0.3, 0.4) is 0 Å². The van der Waals surface area contributed by atoms with Gasteiger partial charge in [-0.1, -0.05) is 37.6 Å². The lowest BCUT2D eigenvalue weighted by atomic mass is 9.64. The van der Waals surface area contributed by atoms with E-state index in [4.69, 9.17) is 4.74 Å². The van der Waals surface area contributed by atoms with Gasteiger partial charge in [0.15, 0.2) is 0 Å². The summed E-state index contributed by atoms with van der Waals surface area (Å²) in [4.78, 5) is 0. The van der Waals surface area contributed by atoms with Crippen LogP contribution in [0.4, 0.5) is 4.39 Å². The normalized spacial score (nSPS) is 28.4. The first-order valence-electron chi connectivity index (χ1n) is 10.6. The molecule has 2 aliphatic rings. The molecule has 0 bridgehead atoms. The number of halogens is 1. The van der Waals surface area contributed by atoms with Crippen LogP contribution in [0.1, 0.15) is 63.9 Å². The molecule has 2 aromatic carbocycles. The van der Waals surface area contributed by atoms with Crippen LogP contribution >= 0.6 is 0 Å². The number of hydrogen-bond donors (Lipinski definition) is 0. The fourth-order valence-corrected chi connectivity index (χ4v) is 5.31. The van der Waals surface area contributed by atoms with Crippen molar-refractivity contribution in [3.8, 4) is 5.75 Å². The number of allylic oxidation sites excluding steroid dienone is 1. The number of benzene rings is 2. The van der Waals surface area contributed by atoms with Crippen molar-refractivity contribution in [2.75, 3.05) is 6.61 Å². The summed E-state index contributed by atoms with van der Waals surface area (Å²) in [5.41, 5.74) is 1.32. The van der Waals surface area contributed by atoms with Crippen LogP contribution < -0.4 is 4.74 Å². The van der Waals surface area contributed by atoms with Gasteiger partial charge in [-0.3, -0.25) is 0 Å². The largest absolute Gasteiger partial charge is 0.489 e. The molecule has 2 aromatic rings. The number of ether oxygens (including phenoxy) is 1. The Morgan fingerprint density at radius 3 is 2.70 bits per heavy atom. The zero-order valence-electron chi connectivity index (χ0n) is 16.6. The van der Waals surface area contributed by atoms with Gasteiger partial charge in [-0.25, -0.2) is 4.39 Å². The highest BCUT2D eigenvalue weighted by molar-refractivity contribution is 5.85. The summed E-state index contributed by atoms with van der Waals surface area (Å²) < 4.78 is 20.3. The Morgan fingerprint density at radius 2 is 1.85 bits per heavy atom. The van der Waals surface area contributed by atoms with Crippen molar-refractivity contribution in [3.63, 3.8) is 0 Å². The van der Waals surface area contributed by atoms with E-state index >= 15 is 0 Å². The van der Waals surface area contributed by atoms with Crippen LogP contribution in [0.25, 0.3) is 10.8 Å². The monoisotopic (exact) mass is 366 g/mol. The van der Waals surface area contributed by atoms with Gasteiger partial charge in [0, 0.05) is 11.5 Å². The Balaban J connectivity index is 1.53. The molecule has 4 unspecified atom stereocenters. The first kappa shape index (κ1) is 18.5. The Bertz CT molecular complexity index is 824. The van der Waals surface area contributed by atoms with E-state index in [0.29, 0.717) is 18.3 Å². The van der Waals surface area contributed by atoms with Crippen LogP contribution in [-0.2, 0) is 0 Å². The van der Waals surface area contributed by atoms with Crippen molar-refractivity contribution in [2.45, 2.75) is 58.3 Å².